The van der Waals surface area contributed by atoms with Crippen LogP contribution in [0.15, 0.2) is 6.20 Å². The third-order valence-electron chi connectivity index (χ3n) is 2.61. The molecule has 7 nitrogen and oxygen atoms in total. The molecule has 0 aliphatic heterocycles. The molecular formula is C11H15ClN6O. The second-order valence-electron chi connectivity index (χ2n) is 3.97. The van der Waals surface area contributed by atoms with Gasteiger partial charge in [0.05, 0.1) is 13.3 Å². The number of H-pyrrole nitrogens is 1. The first-order valence-electron chi connectivity index (χ1n) is 5.87. The second kappa shape index (κ2) is 6.33. The lowest BCUT2D eigenvalue weighted by atomic mass is 10.1. The van der Waals surface area contributed by atoms with Crippen LogP contribution in [-0.4, -0.2) is 38.8 Å². The topological polar surface area (TPSA) is 88.6 Å². The van der Waals surface area contributed by atoms with Crippen molar-refractivity contribution in [2.45, 2.75) is 19.8 Å². The van der Waals surface area contributed by atoms with Gasteiger partial charge in [-0.25, -0.2) is 0 Å². The second-order valence-corrected chi connectivity index (χ2v) is 4.30. The fraction of sp³-hybridized carbons (Fsp3) is 0.455. The van der Waals surface area contributed by atoms with Crippen LogP contribution in [0.5, 0.6) is 6.01 Å². The number of methoxy groups -OCH3 is 1. The molecule has 0 fully saturated rings. The first-order chi connectivity index (χ1) is 9.19. The van der Waals surface area contributed by atoms with Gasteiger partial charge in [-0.1, -0.05) is 0 Å². The van der Waals surface area contributed by atoms with Gasteiger partial charge >= 0.3 is 6.01 Å². The number of hydrogen-bond acceptors (Lipinski definition) is 6. The van der Waals surface area contributed by atoms with Crippen LogP contribution >= 0.6 is 11.6 Å². The van der Waals surface area contributed by atoms with Gasteiger partial charge < -0.3 is 10.1 Å². The van der Waals surface area contributed by atoms with Crippen molar-refractivity contribution in [2.75, 3.05) is 19.0 Å². The third kappa shape index (κ3) is 3.78. The zero-order chi connectivity index (χ0) is 13.7. The number of anilines is 1. The Bertz CT molecular complexity index is 544. The van der Waals surface area contributed by atoms with Crippen LogP contribution < -0.4 is 10.1 Å². The van der Waals surface area contributed by atoms with E-state index in [1.54, 1.807) is 0 Å². The van der Waals surface area contributed by atoms with Gasteiger partial charge in [0.15, 0.2) is 0 Å². The van der Waals surface area contributed by atoms with E-state index in [2.05, 4.69) is 30.5 Å². The first kappa shape index (κ1) is 13.5. The SMILES string of the molecule is COc1nc(Cl)nc(NCCCc2cn[nH]c2C)n1. The van der Waals surface area contributed by atoms with Crippen LogP contribution in [0.1, 0.15) is 17.7 Å². The molecule has 0 saturated carbocycles. The number of ether oxygens (including phenoxy) is 1. The van der Waals surface area contributed by atoms with E-state index in [1.807, 2.05) is 13.1 Å². The number of aromatic nitrogens is 5. The molecule has 2 rings (SSSR count). The summed E-state index contributed by atoms with van der Waals surface area (Å²) in [6.07, 6.45) is 3.72. The standard InChI is InChI=1S/C11H15ClN6O/c1-7-8(6-14-18-7)4-3-5-13-10-15-9(12)16-11(17-10)19-2/h6H,3-5H2,1-2H3,(H,14,18)(H,13,15,16,17). The number of halogens is 1. The van der Waals surface area contributed by atoms with Crippen LogP contribution in [-0.2, 0) is 6.42 Å². The molecule has 0 radical (unpaired) electrons. The molecule has 0 spiro atoms. The summed E-state index contributed by atoms with van der Waals surface area (Å²) in [4.78, 5) is 11.8. The number of aryl methyl sites for hydroxylation is 2. The van der Waals surface area contributed by atoms with Crippen LogP contribution in [0.3, 0.4) is 0 Å². The summed E-state index contributed by atoms with van der Waals surface area (Å²) in [5.74, 6) is 0.417. The monoisotopic (exact) mass is 282 g/mol. The zero-order valence-corrected chi connectivity index (χ0v) is 11.5. The summed E-state index contributed by atoms with van der Waals surface area (Å²) in [5.41, 5.74) is 2.32. The molecule has 2 N–H and O–H groups in total. The predicted octanol–water partition coefficient (Wildman–Crippen LogP) is 1.61. The minimum atomic E-state index is 0.111. The lowest BCUT2D eigenvalue weighted by Crippen LogP contribution is -2.08. The Labute approximate surface area is 115 Å². The lowest BCUT2D eigenvalue weighted by molar-refractivity contribution is 0.379. The molecule has 19 heavy (non-hydrogen) atoms. The molecule has 8 heteroatoms. The average molecular weight is 283 g/mol. The molecule has 0 aliphatic carbocycles. The molecule has 0 atom stereocenters. The van der Waals surface area contributed by atoms with E-state index in [-0.39, 0.29) is 11.3 Å². The highest BCUT2D eigenvalue weighted by Gasteiger charge is 2.05. The zero-order valence-electron chi connectivity index (χ0n) is 10.8. The highest BCUT2D eigenvalue weighted by atomic mass is 35.5. The van der Waals surface area contributed by atoms with Crippen LogP contribution in [0, 0.1) is 6.92 Å². The molecule has 0 saturated heterocycles. The molecule has 2 aromatic rings. The van der Waals surface area contributed by atoms with E-state index >= 15 is 0 Å². The molecule has 0 unspecified atom stereocenters. The van der Waals surface area contributed by atoms with Crippen LogP contribution in [0.25, 0.3) is 0 Å². The largest absolute Gasteiger partial charge is 0.467 e. The quantitative estimate of drug-likeness (QED) is 0.783. The minimum absolute atomic E-state index is 0.111. The Morgan fingerprint density at radius 2 is 2.21 bits per heavy atom. The van der Waals surface area contributed by atoms with Gasteiger partial charge in [0.1, 0.15) is 0 Å². The predicted molar refractivity (Wildman–Crippen MR) is 71.5 cm³/mol. The van der Waals surface area contributed by atoms with E-state index < -0.39 is 0 Å². The molecule has 102 valence electrons. The molecule has 2 aromatic heterocycles. The first-order valence-corrected chi connectivity index (χ1v) is 6.25. The van der Waals surface area contributed by atoms with E-state index in [4.69, 9.17) is 16.3 Å². The van der Waals surface area contributed by atoms with Crippen molar-refractivity contribution in [1.29, 1.82) is 0 Å². The number of aromatic amines is 1. The van der Waals surface area contributed by atoms with Crippen molar-refractivity contribution in [3.05, 3.63) is 22.7 Å². The maximum absolute atomic E-state index is 5.75. The van der Waals surface area contributed by atoms with Gasteiger partial charge in [-0.2, -0.15) is 20.1 Å². The van der Waals surface area contributed by atoms with Crippen molar-refractivity contribution in [3.63, 3.8) is 0 Å². The Morgan fingerprint density at radius 1 is 1.37 bits per heavy atom. The number of hydrogen-bond donors (Lipinski definition) is 2. The van der Waals surface area contributed by atoms with Crippen molar-refractivity contribution in [3.8, 4) is 6.01 Å². The summed E-state index contributed by atoms with van der Waals surface area (Å²) >= 11 is 5.75. The lowest BCUT2D eigenvalue weighted by Gasteiger charge is -2.05. The maximum Gasteiger partial charge on any atom is 0.322 e. The van der Waals surface area contributed by atoms with Gasteiger partial charge in [0.2, 0.25) is 11.2 Å². The summed E-state index contributed by atoms with van der Waals surface area (Å²) < 4.78 is 4.92. The molecule has 0 aromatic carbocycles. The Balaban J connectivity index is 1.82. The van der Waals surface area contributed by atoms with Gasteiger partial charge in [0, 0.05) is 12.2 Å². The van der Waals surface area contributed by atoms with Crippen molar-refractivity contribution in [2.24, 2.45) is 0 Å². The molecule has 0 aliphatic rings. The fourth-order valence-corrected chi connectivity index (χ4v) is 1.76. The summed E-state index contributed by atoms with van der Waals surface area (Å²) in [6, 6.07) is 0.202. The Hall–Kier alpha value is -1.89. The van der Waals surface area contributed by atoms with E-state index in [0.717, 1.165) is 25.1 Å². The van der Waals surface area contributed by atoms with Crippen LogP contribution in [0.4, 0.5) is 5.95 Å². The molecule has 0 amide bonds. The maximum atomic E-state index is 5.75. The van der Waals surface area contributed by atoms with Gasteiger partial charge in [0.25, 0.3) is 0 Å². The van der Waals surface area contributed by atoms with E-state index in [1.165, 1.54) is 12.7 Å². The molecular weight excluding hydrogens is 268 g/mol. The van der Waals surface area contributed by atoms with Crippen molar-refractivity contribution in [1.82, 2.24) is 25.1 Å². The number of nitrogens with zero attached hydrogens (tertiary/aromatic N) is 4. The Kier molecular flexibility index (Phi) is 4.51. The fourth-order valence-electron chi connectivity index (χ4n) is 1.61. The van der Waals surface area contributed by atoms with Gasteiger partial charge in [-0.15, -0.1) is 0 Å². The van der Waals surface area contributed by atoms with E-state index in [9.17, 15) is 0 Å². The Morgan fingerprint density at radius 3 is 2.89 bits per heavy atom. The molecule has 0 bridgehead atoms. The highest BCUT2D eigenvalue weighted by Crippen LogP contribution is 2.11. The van der Waals surface area contributed by atoms with E-state index in [0.29, 0.717) is 5.95 Å². The highest BCUT2D eigenvalue weighted by molar-refractivity contribution is 6.28. The number of rotatable bonds is 6. The smallest absolute Gasteiger partial charge is 0.322 e. The van der Waals surface area contributed by atoms with Crippen molar-refractivity contribution < 1.29 is 4.74 Å². The third-order valence-corrected chi connectivity index (χ3v) is 2.78. The van der Waals surface area contributed by atoms with Gasteiger partial charge in [-0.05, 0) is 36.9 Å². The van der Waals surface area contributed by atoms with Crippen LogP contribution in [0.2, 0.25) is 5.28 Å². The summed E-state index contributed by atoms with van der Waals surface area (Å²) in [5, 5.41) is 10.1. The summed E-state index contributed by atoms with van der Waals surface area (Å²) in [6.45, 7) is 2.74. The molecule has 2 heterocycles. The number of nitrogens with one attached hydrogen (secondary N) is 2. The average Bonchev–Trinajstić information content (AvgIpc) is 2.80. The normalized spacial score (nSPS) is 10.5. The minimum Gasteiger partial charge on any atom is -0.467 e. The van der Waals surface area contributed by atoms with Crippen molar-refractivity contribution >= 4 is 17.5 Å². The van der Waals surface area contributed by atoms with Gasteiger partial charge in [-0.3, -0.25) is 5.10 Å². The summed E-state index contributed by atoms with van der Waals surface area (Å²) in [7, 11) is 1.48.